The molecule has 0 spiro atoms. The zero-order valence-corrected chi connectivity index (χ0v) is 13.0. The van der Waals surface area contributed by atoms with E-state index in [-0.39, 0.29) is 5.82 Å². The summed E-state index contributed by atoms with van der Waals surface area (Å²) in [5.74, 6) is 1.65. The quantitative estimate of drug-likeness (QED) is 0.936. The molecule has 1 aliphatic carbocycles. The van der Waals surface area contributed by atoms with Crippen molar-refractivity contribution in [2.24, 2.45) is 17.6 Å². The molecule has 21 heavy (non-hydrogen) atoms. The molecule has 1 saturated carbocycles. The Labute approximate surface area is 128 Å². The van der Waals surface area contributed by atoms with Crippen LogP contribution in [0, 0.1) is 17.7 Å². The summed E-state index contributed by atoms with van der Waals surface area (Å²) in [5.41, 5.74) is 7.03. The van der Waals surface area contributed by atoms with E-state index in [1.807, 2.05) is 6.07 Å². The molecular formula is C17H21FN2S. The molecule has 1 saturated heterocycles. The van der Waals surface area contributed by atoms with Gasteiger partial charge in [-0.3, -0.25) is 4.90 Å². The largest absolute Gasteiger partial charge is 0.326 e. The van der Waals surface area contributed by atoms with Crippen LogP contribution in [0.4, 0.5) is 4.39 Å². The molecule has 1 aliphatic heterocycles. The minimum Gasteiger partial charge on any atom is -0.326 e. The number of benzene rings is 1. The Bertz CT molecular complexity index is 654. The van der Waals surface area contributed by atoms with Crippen molar-refractivity contribution >= 4 is 21.4 Å². The third-order valence-electron chi connectivity index (χ3n) is 5.22. The summed E-state index contributed by atoms with van der Waals surface area (Å²) in [4.78, 5) is 3.66. The Balaban J connectivity index is 1.66. The summed E-state index contributed by atoms with van der Waals surface area (Å²) in [6.07, 6.45) is 4.15. The number of hydrogen-bond donors (Lipinski definition) is 1. The van der Waals surface area contributed by atoms with Crippen LogP contribution >= 0.6 is 11.3 Å². The van der Waals surface area contributed by atoms with E-state index in [9.17, 15) is 4.39 Å². The zero-order chi connectivity index (χ0) is 14.4. The maximum atomic E-state index is 14.2. The van der Waals surface area contributed by atoms with Gasteiger partial charge in [-0.1, -0.05) is 12.5 Å². The minimum atomic E-state index is -0.0992. The molecule has 1 aromatic heterocycles. The van der Waals surface area contributed by atoms with Gasteiger partial charge in [0, 0.05) is 41.1 Å². The zero-order valence-electron chi connectivity index (χ0n) is 12.1. The van der Waals surface area contributed by atoms with E-state index < -0.39 is 0 Å². The molecule has 4 heteroatoms. The average molecular weight is 304 g/mol. The van der Waals surface area contributed by atoms with E-state index >= 15 is 0 Å². The summed E-state index contributed by atoms with van der Waals surface area (Å²) in [7, 11) is 0. The van der Waals surface area contributed by atoms with E-state index in [1.165, 1.54) is 32.4 Å². The number of fused-ring (bicyclic) bond motifs is 2. The fourth-order valence-corrected chi connectivity index (χ4v) is 5.34. The van der Waals surface area contributed by atoms with Crippen LogP contribution in [0.25, 0.3) is 10.1 Å². The van der Waals surface area contributed by atoms with Crippen molar-refractivity contribution in [1.82, 2.24) is 4.90 Å². The fraction of sp³-hybridized carbons (Fsp3) is 0.529. The summed E-state index contributed by atoms with van der Waals surface area (Å²) in [6.45, 7) is 3.73. The molecule has 1 aromatic carbocycles. The summed E-state index contributed by atoms with van der Waals surface area (Å²) in [6, 6.07) is 5.36. The van der Waals surface area contributed by atoms with E-state index in [0.717, 1.165) is 38.9 Å². The first-order chi connectivity index (χ1) is 10.3. The van der Waals surface area contributed by atoms with Crippen LogP contribution in [-0.2, 0) is 13.1 Å². The molecule has 2 N–H and O–H groups in total. The predicted molar refractivity (Wildman–Crippen MR) is 85.8 cm³/mol. The number of likely N-dealkylation sites (tertiary alicyclic amines) is 1. The highest BCUT2D eigenvalue weighted by atomic mass is 32.1. The first-order valence-electron chi connectivity index (χ1n) is 7.87. The van der Waals surface area contributed by atoms with Crippen LogP contribution in [0.2, 0.25) is 0 Å². The lowest BCUT2D eigenvalue weighted by Crippen LogP contribution is -2.22. The van der Waals surface area contributed by atoms with Gasteiger partial charge in [0.2, 0.25) is 0 Å². The van der Waals surface area contributed by atoms with Crippen LogP contribution in [0.1, 0.15) is 29.7 Å². The number of halogens is 1. The molecule has 4 rings (SSSR count). The normalized spacial score (nSPS) is 25.8. The van der Waals surface area contributed by atoms with Gasteiger partial charge < -0.3 is 5.73 Å². The highest BCUT2D eigenvalue weighted by Crippen LogP contribution is 2.40. The number of nitrogens with two attached hydrogens (primary N) is 1. The van der Waals surface area contributed by atoms with Gasteiger partial charge >= 0.3 is 0 Å². The van der Waals surface area contributed by atoms with Crippen molar-refractivity contribution in [3.8, 4) is 0 Å². The number of nitrogens with zero attached hydrogens (tertiary/aromatic N) is 1. The van der Waals surface area contributed by atoms with Gasteiger partial charge in [0.05, 0.1) is 0 Å². The van der Waals surface area contributed by atoms with E-state index in [1.54, 1.807) is 23.5 Å². The third-order valence-corrected chi connectivity index (χ3v) is 6.44. The van der Waals surface area contributed by atoms with Crippen LogP contribution in [0.5, 0.6) is 0 Å². The topological polar surface area (TPSA) is 29.3 Å². The molecule has 0 bridgehead atoms. The lowest BCUT2D eigenvalue weighted by atomic mass is 10.0. The maximum Gasteiger partial charge on any atom is 0.132 e. The molecule has 0 radical (unpaired) electrons. The standard InChI is InChI=1S/C17H21FN2S/c18-14-5-2-6-15-17(14)13(16(7-19)21-15)10-20-8-11-3-1-4-12(11)9-20/h2,5-6,11-12H,1,3-4,7-10,19H2. The molecule has 2 aliphatic rings. The van der Waals surface area contributed by atoms with Crippen LogP contribution < -0.4 is 5.73 Å². The Morgan fingerprint density at radius 2 is 2.00 bits per heavy atom. The fourth-order valence-electron chi connectivity index (χ4n) is 4.23. The van der Waals surface area contributed by atoms with Gasteiger partial charge in [0.15, 0.2) is 0 Å². The lowest BCUT2D eigenvalue weighted by Gasteiger charge is -2.17. The molecule has 2 unspecified atom stereocenters. The van der Waals surface area contributed by atoms with Crippen molar-refractivity contribution in [3.63, 3.8) is 0 Å². The van der Waals surface area contributed by atoms with Crippen molar-refractivity contribution in [2.45, 2.75) is 32.4 Å². The van der Waals surface area contributed by atoms with Gasteiger partial charge in [-0.25, -0.2) is 4.39 Å². The van der Waals surface area contributed by atoms with Gasteiger partial charge in [-0.2, -0.15) is 0 Å². The van der Waals surface area contributed by atoms with Gasteiger partial charge in [0.25, 0.3) is 0 Å². The predicted octanol–water partition coefficient (Wildman–Crippen LogP) is 3.73. The smallest absolute Gasteiger partial charge is 0.132 e. The van der Waals surface area contributed by atoms with Crippen molar-refractivity contribution in [2.75, 3.05) is 13.1 Å². The highest BCUT2D eigenvalue weighted by molar-refractivity contribution is 7.19. The lowest BCUT2D eigenvalue weighted by molar-refractivity contribution is 0.304. The first kappa shape index (κ1) is 13.7. The molecule has 0 amide bonds. The van der Waals surface area contributed by atoms with E-state index in [0.29, 0.717) is 6.54 Å². The molecule has 2 heterocycles. The number of hydrogen-bond acceptors (Lipinski definition) is 3. The second kappa shape index (κ2) is 5.34. The minimum absolute atomic E-state index is 0.0992. The SMILES string of the molecule is NCc1sc2cccc(F)c2c1CN1CC2CCCC2C1. The van der Waals surface area contributed by atoms with Crippen LogP contribution in [0.15, 0.2) is 18.2 Å². The summed E-state index contributed by atoms with van der Waals surface area (Å²) in [5, 5.41) is 0.806. The molecular weight excluding hydrogens is 283 g/mol. The molecule has 2 atom stereocenters. The molecule has 2 nitrogen and oxygen atoms in total. The molecule has 112 valence electrons. The Morgan fingerprint density at radius 3 is 2.71 bits per heavy atom. The Morgan fingerprint density at radius 1 is 1.24 bits per heavy atom. The first-order valence-corrected chi connectivity index (χ1v) is 8.69. The van der Waals surface area contributed by atoms with Crippen molar-refractivity contribution in [1.29, 1.82) is 0 Å². The van der Waals surface area contributed by atoms with E-state index in [2.05, 4.69) is 4.90 Å². The van der Waals surface area contributed by atoms with Crippen LogP contribution in [0.3, 0.4) is 0 Å². The second-order valence-corrected chi connectivity index (χ2v) is 7.60. The highest BCUT2D eigenvalue weighted by Gasteiger charge is 2.36. The van der Waals surface area contributed by atoms with Crippen molar-refractivity contribution in [3.05, 3.63) is 34.5 Å². The summed E-state index contributed by atoms with van der Waals surface area (Å²) >= 11 is 1.65. The van der Waals surface area contributed by atoms with Gasteiger partial charge in [0.1, 0.15) is 5.82 Å². The molecule has 2 fully saturated rings. The Hall–Kier alpha value is -0.970. The monoisotopic (exact) mass is 304 g/mol. The molecule has 2 aromatic rings. The Kier molecular flexibility index (Phi) is 3.48. The second-order valence-electron chi connectivity index (χ2n) is 6.47. The van der Waals surface area contributed by atoms with E-state index in [4.69, 9.17) is 5.73 Å². The number of rotatable bonds is 3. The van der Waals surface area contributed by atoms with Gasteiger partial charge in [-0.15, -0.1) is 11.3 Å². The maximum absolute atomic E-state index is 14.2. The van der Waals surface area contributed by atoms with Crippen LogP contribution in [-0.4, -0.2) is 18.0 Å². The van der Waals surface area contributed by atoms with Gasteiger partial charge in [-0.05, 0) is 42.4 Å². The average Bonchev–Trinajstić information content (AvgIpc) is 3.12. The third kappa shape index (κ3) is 2.30. The van der Waals surface area contributed by atoms with Crippen molar-refractivity contribution < 1.29 is 4.39 Å². The summed E-state index contributed by atoms with van der Waals surface area (Å²) < 4.78 is 15.3. The number of thiophene rings is 1.